The molecule has 0 radical (unpaired) electrons. The first-order chi connectivity index (χ1) is 9.71. The zero-order chi connectivity index (χ0) is 15.7. The predicted molar refractivity (Wildman–Crippen MR) is 83.1 cm³/mol. The van der Waals surface area contributed by atoms with Crippen LogP contribution in [0.3, 0.4) is 0 Å². The zero-order valence-corrected chi connectivity index (χ0v) is 13.3. The summed E-state index contributed by atoms with van der Waals surface area (Å²) in [4.78, 5) is 17.6. The lowest BCUT2D eigenvalue weighted by atomic mass is 9.75. The van der Waals surface area contributed by atoms with Crippen LogP contribution in [0, 0.1) is 5.41 Å². The van der Waals surface area contributed by atoms with E-state index in [4.69, 9.17) is 10.5 Å². The van der Waals surface area contributed by atoms with Gasteiger partial charge in [0.05, 0.1) is 0 Å². The molecule has 0 saturated carbocycles. The van der Waals surface area contributed by atoms with E-state index in [1.54, 1.807) is 0 Å². The van der Waals surface area contributed by atoms with E-state index in [9.17, 15) is 4.79 Å². The van der Waals surface area contributed by atoms with Crippen LogP contribution in [0.5, 0.6) is 0 Å². The molecule has 5 heteroatoms. The van der Waals surface area contributed by atoms with E-state index in [1.165, 1.54) is 0 Å². The van der Waals surface area contributed by atoms with Crippen molar-refractivity contribution in [1.82, 2.24) is 4.98 Å². The Kier molecular flexibility index (Phi) is 4.12. The number of piperidine rings is 1. The van der Waals surface area contributed by atoms with Gasteiger partial charge in [0.15, 0.2) is 0 Å². The number of hydrogen-bond acceptors (Lipinski definition) is 4. The van der Waals surface area contributed by atoms with Crippen molar-refractivity contribution < 1.29 is 9.53 Å². The highest BCUT2D eigenvalue weighted by Gasteiger charge is 2.43. The highest BCUT2D eigenvalue weighted by molar-refractivity contribution is 5.65. The van der Waals surface area contributed by atoms with Gasteiger partial charge in [0.1, 0.15) is 5.60 Å². The zero-order valence-electron chi connectivity index (χ0n) is 13.3. The van der Waals surface area contributed by atoms with Gasteiger partial charge in [-0.05, 0) is 24.5 Å². The largest absolute Gasteiger partial charge is 0.443 e. The van der Waals surface area contributed by atoms with E-state index >= 15 is 0 Å². The summed E-state index contributed by atoms with van der Waals surface area (Å²) in [6.07, 6.45) is 4.46. The molecule has 116 valence electrons. The van der Waals surface area contributed by atoms with E-state index in [0.717, 1.165) is 25.1 Å². The maximum absolute atomic E-state index is 11.2. The van der Waals surface area contributed by atoms with E-state index in [0.29, 0.717) is 0 Å². The molecule has 2 atom stereocenters. The average molecular weight is 291 g/mol. The average Bonchev–Trinajstić information content (AvgIpc) is 2.37. The Balaban J connectivity index is 2.27. The Morgan fingerprint density at radius 2 is 2.05 bits per heavy atom. The Bertz CT molecular complexity index is 498. The molecule has 1 aromatic rings. The van der Waals surface area contributed by atoms with Crippen LogP contribution in [0.2, 0.25) is 0 Å². The van der Waals surface area contributed by atoms with E-state index in [-0.39, 0.29) is 11.5 Å². The third-order valence-corrected chi connectivity index (χ3v) is 4.22. The SMILES string of the molecule is CC1(OC(N)=O)CCN(c2ccncc2)C(C(C)(C)C)C1. The molecule has 0 spiro atoms. The normalized spacial score (nSPS) is 26.5. The summed E-state index contributed by atoms with van der Waals surface area (Å²) in [6.45, 7) is 9.43. The fourth-order valence-electron chi connectivity index (χ4n) is 3.09. The highest BCUT2D eigenvalue weighted by atomic mass is 16.6. The van der Waals surface area contributed by atoms with Crippen molar-refractivity contribution in [3.8, 4) is 0 Å². The van der Waals surface area contributed by atoms with Crippen molar-refractivity contribution >= 4 is 11.8 Å². The number of pyridine rings is 1. The van der Waals surface area contributed by atoms with Crippen molar-refractivity contribution in [2.45, 2.75) is 52.2 Å². The van der Waals surface area contributed by atoms with Crippen molar-refractivity contribution in [3.05, 3.63) is 24.5 Å². The summed E-state index contributed by atoms with van der Waals surface area (Å²) in [5.41, 5.74) is 5.95. The molecule has 1 saturated heterocycles. The van der Waals surface area contributed by atoms with Gasteiger partial charge in [0.2, 0.25) is 0 Å². The molecule has 1 aliphatic heterocycles. The molecule has 0 bridgehead atoms. The maximum atomic E-state index is 11.2. The number of primary amides is 1. The molecule has 2 unspecified atom stereocenters. The van der Waals surface area contributed by atoms with Gasteiger partial charge in [-0.25, -0.2) is 4.79 Å². The van der Waals surface area contributed by atoms with Crippen LogP contribution in [0.25, 0.3) is 0 Å². The number of carbonyl (C=O) groups excluding carboxylic acids is 1. The summed E-state index contributed by atoms with van der Waals surface area (Å²) < 4.78 is 5.39. The molecule has 2 N–H and O–H groups in total. The second-order valence-electron chi connectivity index (χ2n) is 7.11. The summed E-state index contributed by atoms with van der Waals surface area (Å²) >= 11 is 0. The van der Waals surface area contributed by atoms with Gasteiger partial charge < -0.3 is 15.4 Å². The number of ether oxygens (including phenoxy) is 1. The molecule has 1 amide bonds. The second-order valence-corrected chi connectivity index (χ2v) is 7.11. The molecule has 0 aromatic carbocycles. The number of aromatic nitrogens is 1. The lowest BCUT2D eigenvalue weighted by Gasteiger charge is -2.50. The van der Waals surface area contributed by atoms with Crippen LogP contribution in [0.15, 0.2) is 24.5 Å². The number of hydrogen-bond donors (Lipinski definition) is 1. The van der Waals surface area contributed by atoms with Gasteiger partial charge in [0.25, 0.3) is 0 Å². The highest BCUT2D eigenvalue weighted by Crippen LogP contribution is 2.40. The van der Waals surface area contributed by atoms with Crippen molar-refractivity contribution in [2.75, 3.05) is 11.4 Å². The number of nitrogens with two attached hydrogens (primary N) is 1. The molecule has 2 heterocycles. The summed E-state index contributed by atoms with van der Waals surface area (Å²) in [6, 6.07) is 4.31. The Morgan fingerprint density at radius 3 is 2.57 bits per heavy atom. The van der Waals surface area contributed by atoms with E-state index in [1.807, 2.05) is 31.5 Å². The molecule has 5 nitrogen and oxygen atoms in total. The lowest BCUT2D eigenvalue weighted by molar-refractivity contribution is -0.00932. The van der Waals surface area contributed by atoms with Crippen LogP contribution in [0.1, 0.15) is 40.5 Å². The third kappa shape index (κ3) is 3.65. The summed E-state index contributed by atoms with van der Waals surface area (Å²) in [5, 5.41) is 0. The Labute approximate surface area is 126 Å². The van der Waals surface area contributed by atoms with Gasteiger partial charge in [0, 0.05) is 43.5 Å². The van der Waals surface area contributed by atoms with Crippen LogP contribution >= 0.6 is 0 Å². The second kappa shape index (κ2) is 5.54. The third-order valence-electron chi connectivity index (χ3n) is 4.22. The molecule has 1 aliphatic rings. The quantitative estimate of drug-likeness (QED) is 0.909. The topological polar surface area (TPSA) is 68.5 Å². The Morgan fingerprint density at radius 1 is 1.43 bits per heavy atom. The first-order valence-electron chi connectivity index (χ1n) is 7.36. The molecule has 2 rings (SSSR count). The van der Waals surface area contributed by atoms with Crippen molar-refractivity contribution in [2.24, 2.45) is 11.1 Å². The lowest BCUT2D eigenvalue weighted by Crippen LogP contribution is -2.56. The van der Waals surface area contributed by atoms with Crippen LogP contribution in [-0.2, 0) is 4.74 Å². The number of rotatable bonds is 2. The molecular formula is C16H25N3O2. The number of nitrogens with zero attached hydrogens (tertiary/aromatic N) is 2. The van der Waals surface area contributed by atoms with E-state index < -0.39 is 11.7 Å². The van der Waals surface area contributed by atoms with E-state index in [2.05, 4.69) is 30.7 Å². The van der Waals surface area contributed by atoms with Crippen molar-refractivity contribution in [1.29, 1.82) is 0 Å². The molecule has 1 aromatic heterocycles. The first kappa shape index (κ1) is 15.6. The minimum Gasteiger partial charge on any atom is -0.443 e. The number of amides is 1. The molecular weight excluding hydrogens is 266 g/mol. The van der Waals surface area contributed by atoms with Gasteiger partial charge in [-0.2, -0.15) is 0 Å². The maximum Gasteiger partial charge on any atom is 0.405 e. The fourth-order valence-corrected chi connectivity index (χ4v) is 3.09. The van der Waals surface area contributed by atoms with Gasteiger partial charge >= 0.3 is 6.09 Å². The number of carbonyl (C=O) groups is 1. The van der Waals surface area contributed by atoms with Crippen LogP contribution in [0.4, 0.5) is 10.5 Å². The molecule has 0 aliphatic carbocycles. The first-order valence-corrected chi connectivity index (χ1v) is 7.36. The predicted octanol–water partition coefficient (Wildman–Crippen LogP) is 2.95. The van der Waals surface area contributed by atoms with Crippen LogP contribution < -0.4 is 10.6 Å². The smallest absolute Gasteiger partial charge is 0.405 e. The monoisotopic (exact) mass is 291 g/mol. The van der Waals surface area contributed by atoms with Gasteiger partial charge in [-0.15, -0.1) is 0 Å². The van der Waals surface area contributed by atoms with Crippen LogP contribution in [-0.4, -0.2) is 29.3 Å². The molecule has 1 fully saturated rings. The van der Waals surface area contributed by atoms with Gasteiger partial charge in [-0.3, -0.25) is 4.98 Å². The van der Waals surface area contributed by atoms with Crippen molar-refractivity contribution in [3.63, 3.8) is 0 Å². The fraction of sp³-hybridized carbons (Fsp3) is 0.625. The number of anilines is 1. The molecule has 21 heavy (non-hydrogen) atoms. The summed E-state index contributed by atoms with van der Waals surface area (Å²) in [7, 11) is 0. The summed E-state index contributed by atoms with van der Waals surface area (Å²) in [5.74, 6) is 0. The minimum atomic E-state index is -0.692. The Hall–Kier alpha value is -1.78. The van der Waals surface area contributed by atoms with Gasteiger partial charge in [-0.1, -0.05) is 20.8 Å². The minimum absolute atomic E-state index is 0.0615. The standard InChI is InChI=1S/C16H25N3O2/c1-15(2,3)13-11-16(4,21-14(17)20)7-10-19(13)12-5-8-18-9-6-12/h5-6,8-9,13H,7,10-11H2,1-4H3,(H2,17,20).